The van der Waals surface area contributed by atoms with E-state index in [1.807, 2.05) is 48.9 Å². The standard InChI is InChI=1S/C22H23N3O3S/c1-4-29(27,28)24-19-12-10-18(11-13-19)22(26)15-14-21-16(2)23-25(17(21)3)20-8-6-5-7-9-20/h5-15,24H,4H2,1-3H3/b15-14+. The first-order chi connectivity index (χ1) is 13.8. The molecule has 0 bridgehead atoms. The van der Waals surface area contributed by atoms with Crippen molar-refractivity contribution in [2.24, 2.45) is 0 Å². The summed E-state index contributed by atoms with van der Waals surface area (Å²) in [5.74, 6) is -0.174. The Bertz CT molecular complexity index is 1150. The van der Waals surface area contributed by atoms with Gasteiger partial charge in [-0.1, -0.05) is 18.2 Å². The van der Waals surface area contributed by atoms with Crippen molar-refractivity contribution in [3.8, 4) is 5.69 Å². The van der Waals surface area contributed by atoms with Gasteiger partial charge in [0.2, 0.25) is 10.0 Å². The Morgan fingerprint density at radius 1 is 1.07 bits per heavy atom. The summed E-state index contributed by atoms with van der Waals surface area (Å²) >= 11 is 0. The smallest absolute Gasteiger partial charge is 0.232 e. The average Bonchev–Trinajstić information content (AvgIpc) is 3.00. The first-order valence-corrected chi connectivity index (χ1v) is 10.9. The minimum Gasteiger partial charge on any atom is -0.289 e. The van der Waals surface area contributed by atoms with Crippen molar-refractivity contribution in [2.75, 3.05) is 10.5 Å². The van der Waals surface area contributed by atoms with Crippen LogP contribution in [0.1, 0.15) is 34.2 Å². The highest BCUT2D eigenvalue weighted by atomic mass is 32.2. The summed E-state index contributed by atoms with van der Waals surface area (Å²) in [6.07, 6.45) is 3.28. The van der Waals surface area contributed by atoms with Gasteiger partial charge in [0.1, 0.15) is 0 Å². The van der Waals surface area contributed by atoms with Gasteiger partial charge in [0.05, 0.1) is 17.1 Å². The number of aryl methyl sites for hydroxylation is 1. The molecule has 0 radical (unpaired) electrons. The number of allylic oxidation sites excluding steroid dienone is 1. The van der Waals surface area contributed by atoms with Gasteiger partial charge in [-0.05, 0) is 69.3 Å². The summed E-state index contributed by atoms with van der Waals surface area (Å²) in [5, 5.41) is 4.57. The highest BCUT2D eigenvalue weighted by Crippen LogP contribution is 2.20. The molecule has 0 amide bonds. The number of rotatable bonds is 7. The Balaban J connectivity index is 1.78. The van der Waals surface area contributed by atoms with E-state index in [9.17, 15) is 13.2 Å². The molecule has 2 aromatic carbocycles. The van der Waals surface area contributed by atoms with E-state index < -0.39 is 10.0 Å². The fourth-order valence-corrected chi connectivity index (χ4v) is 3.57. The molecule has 150 valence electrons. The molecule has 0 atom stereocenters. The van der Waals surface area contributed by atoms with E-state index in [4.69, 9.17) is 0 Å². The lowest BCUT2D eigenvalue weighted by molar-refractivity contribution is 0.104. The number of hydrogen-bond acceptors (Lipinski definition) is 4. The summed E-state index contributed by atoms with van der Waals surface area (Å²) < 4.78 is 27.5. The van der Waals surface area contributed by atoms with Crippen LogP contribution >= 0.6 is 0 Å². The lowest BCUT2D eigenvalue weighted by atomic mass is 10.1. The molecule has 0 saturated heterocycles. The monoisotopic (exact) mass is 409 g/mol. The molecule has 0 aliphatic carbocycles. The minimum absolute atomic E-state index is 0.00815. The van der Waals surface area contributed by atoms with Crippen molar-refractivity contribution in [3.05, 3.63) is 83.2 Å². The maximum absolute atomic E-state index is 12.5. The van der Waals surface area contributed by atoms with Crippen molar-refractivity contribution in [1.29, 1.82) is 0 Å². The van der Waals surface area contributed by atoms with E-state index in [1.165, 1.54) is 6.08 Å². The van der Waals surface area contributed by atoms with Crippen molar-refractivity contribution in [1.82, 2.24) is 9.78 Å². The zero-order valence-electron chi connectivity index (χ0n) is 16.6. The summed E-state index contributed by atoms with van der Waals surface area (Å²) in [5.41, 5.74) is 4.55. The van der Waals surface area contributed by atoms with Gasteiger partial charge in [-0.3, -0.25) is 9.52 Å². The lowest BCUT2D eigenvalue weighted by Crippen LogP contribution is -2.14. The van der Waals surface area contributed by atoms with E-state index >= 15 is 0 Å². The quantitative estimate of drug-likeness (QED) is 0.470. The first-order valence-electron chi connectivity index (χ1n) is 9.25. The van der Waals surface area contributed by atoms with Crippen molar-refractivity contribution in [2.45, 2.75) is 20.8 Å². The van der Waals surface area contributed by atoms with Crippen LogP contribution in [0, 0.1) is 13.8 Å². The van der Waals surface area contributed by atoms with Crippen LogP contribution in [-0.2, 0) is 10.0 Å². The predicted octanol–water partition coefficient (Wildman–Crippen LogP) is 4.15. The topological polar surface area (TPSA) is 81.1 Å². The molecular weight excluding hydrogens is 386 g/mol. The summed E-state index contributed by atoms with van der Waals surface area (Å²) in [6.45, 7) is 5.44. The van der Waals surface area contributed by atoms with E-state index in [0.29, 0.717) is 11.3 Å². The number of para-hydroxylation sites is 1. The number of sulfonamides is 1. The number of hydrogen-bond donors (Lipinski definition) is 1. The van der Waals surface area contributed by atoms with E-state index in [-0.39, 0.29) is 11.5 Å². The van der Waals surface area contributed by atoms with Crippen LogP contribution in [0.3, 0.4) is 0 Å². The molecule has 1 aromatic heterocycles. The number of carbonyl (C=O) groups is 1. The van der Waals surface area contributed by atoms with Crippen LogP contribution < -0.4 is 4.72 Å². The minimum atomic E-state index is -3.34. The van der Waals surface area contributed by atoms with Crippen LogP contribution in [0.2, 0.25) is 0 Å². The van der Waals surface area contributed by atoms with Crippen LogP contribution in [0.4, 0.5) is 5.69 Å². The van der Waals surface area contributed by atoms with Gasteiger partial charge >= 0.3 is 0 Å². The van der Waals surface area contributed by atoms with Gasteiger partial charge in [0.25, 0.3) is 0 Å². The molecule has 0 saturated carbocycles. The van der Waals surface area contributed by atoms with Crippen LogP contribution in [0.25, 0.3) is 11.8 Å². The molecule has 1 N–H and O–H groups in total. The second-order valence-corrected chi connectivity index (χ2v) is 8.62. The van der Waals surface area contributed by atoms with Crippen LogP contribution in [0.5, 0.6) is 0 Å². The van der Waals surface area contributed by atoms with E-state index in [0.717, 1.165) is 22.6 Å². The first kappa shape index (κ1) is 20.5. The molecule has 29 heavy (non-hydrogen) atoms. The maximum Gasteiger partial charge on any atom is 0.232 e. The van der Waals surface area contributed by atoms with Gasteiger partial charge < -0.3 is 0 Å². The molecule has 0 aliphatic rings. The number of ketones is 1. The Morgan fingerprint density at radius 3 is 2.34 bits per heavy atom. The predicted molar refractivity (Wildman–Crippen MR) is 116 cm³/mol. The number of nitrogens with zero attached hydrogens (tertiary/aromatic N) is 2. The maximum atomic E-state index is 12.5. The Labute approximate surface area is 170 Å². The number of benzene rings is 2. The molecule has 0 unspecified atom stereocenters. The summed E-state index contributed by atoms with van der Waals surface area (Å²) in [4.78, 5) is 12.5. The highest BCUT2D eigenvalue weighted by Gasteiger charge is 2.12. The number of carbonyl (C=O) groups excluding carboxylic acids is 1. The Morgan fingerprint density at radius 2 is 1.72 bits per heavy atom. The van der Waals surface area contributed by atoms with Gasteiger partial charge in [-0.2, -0.15) is 5.10 Å². The molecule has 6 nitrogen and oxygen atoms in total. The normalized spacial score (nSPS) is 11.7. The van der Waals surface area contributed by atoms with Crippen molar-refractivity contribution in [3.63, 3.8) is 0 Å². The summed E-state index contributed by atoms with van der Waals surface area (Å²) in [7, 11) is -3.34. The van der Waals surface area contributed by atoms with Crippen LogP contribution in [0.15, 0.2) is 60.7 Å². The van der Waals surface area contributed by atoms with Gasteiger partial charge in [-0.15, -0.1) is 0 Å². The second kappa shape index (κ2) is 8.45. The van der Waals surface area contributed by atoms with Crippen molar-refractivity contribution >= 4 is 27.6 Å². The number of nitrogens with one attached hydrogen (secondary N) is 1. The molecule has 3 aromatic rings. The van der Waals surface area contributed by atoms with Crippen molar-refractivity contribution < 1.29 is 13.2 Å². The largest absolute Gasteiger partial charge is 0.289 e. The molecule has 0 aliphatic heterocycles. The Kier molecular flexibility index (Phi) is 5.98. The third-order valence-electron chi connectivity index (χ3n) is 4.57. The number of anilines is 1. The fraction of sp³-hybridized carbons (Fsp3) is 0.182. The van der Waals surface area contributed by atoms with E-state index in [2.05, 4.69) is 9.82 Å². The summed E-state index contributed by atoms with van der Waals surface area (Å²) in [6, 6.07) is 16.2. The van der Waals surface area contributed by atoms with Gasteiger partial charge in [0.15, 0.2) is 5.78 Å². The zero-order chi connectivity index (χ0) is 21.0. The fourth-order valence-electron chi connectivity index (χ4n) is 2.93. The molecule has 1 heterocycles. The molecular formula is C22H23N3O3S. The Hall–Kier alpha value is -3.19. The molecule has 7 heteroatoms. The highest BCUT2D eigenvalue weighted by molar-refractivity contribution is 7.92. The SMILES string of the molecule is CCS(=O)(=O)Nc1ccc(C(=O)/C=C/c2c(C)nn(-c3ccccc3)c2C)cc1. The molecule has 3 rings (SSSR count). The lowest BCUT2D eigenvalue weighted by Gasteiger charge is -2.06. The second-order valence-electron chi connectivity index (χ2n) is 6.61. The zero-order valence-corrected chi connectivity index (χ0v) is 17.4. The molecule has 0 spiro atoms. The number of aromatic nitrogens is 2. The van der Waals surface area contributed by atoms with Crippen LogP contribution in [-0.4, -0.2) is 29.7 Å². The third-order valence-corrected chi connectivity index (χ3v) is 5.88. The molecule has 0 fully saturated rings. The van der Waals surface area contributed by atoms with Gasteiger partial charge in [-0.25, -0.2) is 13.1 Å². The van der Waals surface area contributed by atoms with Gasteiger partial charge in [0, 0.05) is 22.5 Å². The van der Waals surface area contributed by atoms with E-state index in [1.54, 1.807) is 37.3 Å². The average molecular weight is 410 g/mol. The third kappa shape index (κ3) is 4.81.